The van der Waals surface area contributed by atoms with E-state index in [-0.39, 0.29) is 12.5 Å². The Morgan fingerprint density at radius 3 is 2.70 bits per heavy atom. The summed E-state index contributed by atoms with van der Waals surface area (Å²) in [6, 6.07) is 13.2. The van der Waals surface area contributed by atoms with Crippen LogP contribution in [0.1, 0.15) is 13.8 Å². The van der Waals surface area contributed by atoms with Gasteiger partial charge in [-0.05, 0) is 43.4 Å². The Balaban J connectivity index is 1.63. The Labute approximate surface area is 183 Å². The highest BCUT2D eigenvalue weighted by molar-refractivity contribution is 7.22. The number of likely N-dealkylation sites (N-methyl/N-ethyl adjacent to an activating group) is 1. The summed E-state index contributed by atoms with van der Waals surface area (Å²) < 4.78 is 2.61. The molecule has 0 fully saturated rings. The average Bonchev–Trinajstić information content (AvgIpc) is 3.35. The van der Waals surface area contributed by atoms with E-state index in [0.29, 0.717) is 16.7 Å². The molecule has 0 aliphatic heterocycles. The van der Waals surface area contributed by atoms with Crippen molar-refractivity contribution in [3.05, 3.63) is 47.5 Å². The zero-order valence-electron chi connectivity index (χ0n) is 17.0. The molecule has 4 aromatic rings. The van der Waals surface area contributed by atoms with Crippen LogP contribution in [0.3, 0.4) is 0 Å². The first-order valence-corrected chi connectivity index (χ1v) is 11.2. The number of aromatic nitrogens is 4. The van der Waals surface area contributed by atoms with Gasteiger partial charge in [0.05, 0.1) is 15.7 Å². The minimum absolute atomic E-state index is 0.0667. The van der Waals surface area contributed by atoms with Crippen LogP contribution >= 0.6 is 22.9 Å². The van der Waals surface area contributed by atoms with Crippen molar-refractivity contribution < 1.29 is 4.79 Å². The van der Waals surface area contributed by atoms with Crippen molar-refractivity contribution in [1.82, 2.24) is 24.9 Å². The maximum absolute atomic E-state index is 13.3. The van der Waals surface area contributed by atoms with Crippen LogP contribution in [-0.4, -0.2) is 57.0 Å². The van der Waals surface area contributed by atoms with Gasteiger partial charge in [-0.25, -0.2) is 9.67 Å². The molecule has 0 atom stereocenters. The molecule has 2 heterocycles. The van der Waals surface area contributed by atoms with Gasteiger partial charge in [-0.15, -0.1) is 5.10 Å². The predicted octanol–water partition coefficient (Wildman–Crippen LogP) is 4.07. The molecule has 0 aliphatic carbocycles. The van der Waals surface area contributed by atoms with Crippen LogP contribution in [0.5, 0.6) is 0 Å². The number of anilines is 1. The number of amides is 1. The number of nitrogens with zero attached hydrogens (tertiary/aromatic N) is 6. The van der Waals surface area contributed by atoms with E-state index in [1.54, 1.807) is 9.58 Å². The molecular formula is C21H23ClN6OS. The smallest absolute Gasteiger partial charge is 0.250 e. The second kappa shape index (κ2) is 9.07. The van der Waals surface area contributed by atoms with Gasteiger partial charge in [0.1, 0.15) is 12.1 Å². The van der Waals surface area contributed by atoms with Gasteiger partial charge in [0.2, 0.25) is 0 Å². The molecule has 0 saturated carbocycles. The van der Waals surface area contributed by atoms with Gasteiger partial charge in [0.15, 0.2) is 5.13 Å². The molecule has 30 heavy (non-hydrogen) atoms. The molecule has 1 amide bonds. The summed E-state index contributed by atoms with van der Waals surface area (Å²) in [5.74, 6) is -0.0667. The van der Waals surface area contributed by atoms with Crippen LogP contribution in [-0.2, 0) is 11.3 Å². The molecule has 0 bridgehead atoms. The summed E-state index contributed by atoms with van der Waals surface area (Å²) in [4.78, 5) is 22.1. The highest BCUT2D eigenvalue weighted by Gasteiger charge is 2.22. The van der Waals surface area contributed by atoms with Crippen molar-refractivity contribution in [2.75, 3.05) is 31.1 Å². The molecule has 9 heteroatoms. The summed E-state index contributed by atoms with van der Waals surface area (Å²) in [5, 5.41) is 9.66. The fourth-order valence-corrected chi connectivity index (χ4v) is 4.64. The second-order valence-electron chi connectivity index (χ2n) is 6.92. The zero-order chi connectivity index (χ0) is 21.1. The van der Waals surface area contributed by atoms with Gasteiger partial charge in [-0.1, -0.05) is 54.1 Å². The maximum Gasteiger partial charge on any atom is 0.250 e. The molecule has 156 valence electrons. The third-order valence-electron chi connectivity index (χ3n) is 5.11. The number of rotatable bonds is 8. The fraction of sp³-hybridized carbons (Fsp3) is 0.333. The zero-order valence-corrected chi connectivity index (χ0v) is 18.5. The predicted molar refractivity (Wildman–Crippen MR) is 122 cm³/mol. The molecule has 0 N–H and O–H groups in total. The third kappa shape index (κ3) is 4.30. The van der Waals surface area contributed by atoms with Gasteiger partial charge in [-0.2, -0.15) is 0 Å². The summed E-state index contributed by atoms with van der Waals surface area (Å²) >= 11 is 7.61. The lowest BCUT2D eigenvalue weighted by atomic mass is 10.3. The van der Waals surface area contributed by atoms with Crippen LogP contribution in [0.15, 0.2) is 42.5 Å². The Kier molecular flexibility index (Phi) is 6.26. The Bertz CT molecular complexity index is 1170. The van der Waals surface area contributed by atoms with E-state index in [1.165, 1.54) is 11.3 Å². The molecule has 0 aliphatic rings. The largest absolute Gasteiger partial charge is 0.302 e. The van der Waals surface area contributed by atoms with Crippen molar-refractivity contribution >= 4 is 55.2 Å². The number of halogens is 1. The van der Waals surface area contributed by atoms with E-state index in [2.05, 4.69) is 29.1 Å². The molecule has 0 radical (unpaired) electrons. The van der Waals surface area contributed by atoms with Gasteiger partial charge >= 0.3 is 0 Å². The van der Waals surface area contributed by atoms with Gasteiger partial charge in [0.25, 0.3) is 5.91 Å². The lowest BCUT2D eigenvalue weighted by Crippen LogP contribution is -2.40. The van der Waals surface area contributed by atoms with Crippen LogP contribution < -0.4 is 4.90 Å². The first-order valence-electron chi connectivity index (χ1n) is 9.96. The SMILES string of the molecule is CCN(CC)CCN(C(=O)Cn1nnc2ccccc21)c1nc2ccc(Cl)cc2s1. The molecule has 2 aromatic carbocycles. The Morgan fingerprint density at radius 1 is 1.10 bits per heavy atom. The number of para-hydroxylation sites is 1. The van der Waals surface area contributed by atoms with E-state index in [9.17, 15) is 4.79 Å². The second-order valence-corrected chi connectivity index (χ2v) is 8.36. The monoisotopic (exact) mass is 442 g/mol. The molecule has 0 unspecified atom stereocenters. The average molecular weight is 443 g/mol. The van der Waals surface area contributed by atoms with Crippen molar-refractivity contribution in [2.24, 2.45) is 0 Å². The van der Waals surface area contributed by atoms with E-state index >= 15 is 0 Å². The lowest BCUT2D eigenvalue weighted by Gasteiger charge is -2.24. The minimum Gasteiger partial charge on any atom is -0.302 e. The first kappa shape index (κ1) is 20.7. The van der Waals surface area contributed by atoms with Crippen molar-refractivity contribution in [3.63, 3.8) is 0 Å². The number of benzene rings is 2. The Hall–Kier alpha value is -2.55. The normalized spacial score (nSPS) is 11.6. The van der Waals surface area contributed by atoms with Gasteiger partial charge in [0, 0.05) is 18.1 Å². The molecule has 0 spiro atoms. The lowest BCUT2D eigenvalue weighted by molar-refractivity contribution is -0.119. The quantitative estimate of drug-likeness (QED) is 0.411. The van der Waals surface area contributed by atoms with Crippen molar-refractivity contribution in [3.8, 4) is 0 Å². The highest BCUT2D eigenvalue weighted by Crippen LogP contribution is 2.31. The molecule has 4 rings (SSSR count). The summed E-state index contributed by atoms with van der Waals surface area (Å²) in [7, 11) is 0. The number of hydrogen-bond acceptors (Lipinski definition) is 6. The maximum atomic E-state index is 13.3. The summed E-state index contributed by atoms with van der Waals surface area (Å²) in [6.07, 6.45) is 0. The number of hydrogen-bond donors (Lipinski definition) is 0. The topological polar surface area (TPSA) is 67.2 Å². The van der Waals surface area contributed by atoms with Gasteiger partial charge < -0.3 is 4.90 Å². The molecular weight excluding hydrogens is 420 g/mol. The number of carbonyl (C=O) groups excluding carboxylic acids is 1. The van der Waals surface area contributed by atoms with E-state index in [4.69, 9.17) is 16.6 Å². The number of carbonyl (C=O) groups is 1. The van der Waals surface area contributed by atoms with Crippen LogP contribution in [0.25, 0.3) is 21.3 Å². The summed E-state index contributed by atoms with van der Waals surface area (Å²) in [6.45, 7) is 7.54. The molecule has 7 nitrogen and oxygen atoms in total. The summed E-state index contributed by atoms with van der Waals surface area (Å²) in [5.41, 5.74) is 2.45. The number of thiazole rings is 1. The fourth-order valence-electron chi connectivity index (χ4n) is 3.36. The van der Waals surface area contributed by atoms with Crippen molar-refractivity contribution in [1.29, 1.82) is 0 Å². The third-order valence-corrected chi connectivity index (χ3v) is 6.39. The molecule has 0 saturated heterocycles. The van der Waals surface area contributed by atoms with Crippen LogP contribution in [0, 0.1) is 0 Å². The standard InChI is InChI=1S/C21H23ClN6OS/c1-3-26(4-2)11-12-27(21-23-17-10-9-15(22)13-19(17)30-21)20(29)14-28-18-8-6-5-7-16(18)24-25-28/h5-10,13H,3-4,11-12,14H2,1-2H3. The highest BCUT2D eigenvalue weighted by atomic mass is 35.5. The van der Waals surface area contributed by atoms with Crippen LogP contribution in [0.4, 0.5) is 5.13 Å². The Morgan fingerprint density at radius 2 is 1.90 bits per heavy atom. The minimum atomic E-state index is -0.0667. The first-order chi connectivity index (χ1) is 14.6. The van der Waals surface area contributed by atoms with Crippen molar-refractivity contribution in [2.45, 2.75) is 20.4 Å². The van der Waals surface area contributed by atoms with E-state index in [0.717, 1.165) is 40.9 Å². The van der Waals surface area contributed by atoms with Gasteiger partial charge in [-0.3, -0.25) is 9.69 Å². The van der Waals surface area contributed by atoms with E-state index in [1.807, 2.05) is 42.5 Å². The van der Waals surface area contributed by atoms with E-state index < -0.39 is 0 Å². The van der Waals surface area contributed by atoms with Crippen LogP contribution in [0.2, 0.25) is 5.02 Å². The molecule has 2 aromatic heterocycles. The number of fused-ring (bicyclic) bond motifs is 2.